The van der Waals surface area contributed by atoms with Gasteiger partial charge in [0, 0.05) is 19.5 Å². The lowest BCUT2D eigenvalue weighted by Gasteiger charge is -2.24. The number of carboxylic acid groups (broad SMARTS) is 1. The van der Waals surface area contributed by atoms with E-state index in [1.807, 2.05) is 0 Å². The van der Waals surface area contributed by atoms with E-state index >= 15 is 0 Å². The normalized spacial score (nSPS) is 16.6. The summed E-state index contributed by atoms with van der Waals surface area (Å²) < 4.78 is 0. The predicted octanol–water partition coefficient (Wildman–Crippen LogP) is 0.208. The largest absolute Gasteiger partial charge is 0.548 e. The molecule has 1 amide bonds. The zero-order valence-electron chi connectivity index (χ0n) is 13.2. The molecule has 1 aliphatic rings. The van der Waals surface area contributed by atoms with Crippen molar-refractivity contribution in [1.29, 1.82) is 0 Å². The molecule has 6 nitrogen and oxygen atoms in total. The lowest BCUT2D eigenvalue weighted by molar-refractivity contribution is -0.308. The third-order valence-electron chi connectivity index (χ3n) is 3.81. The van der Waals surface area contributed by atoms with Gasteiger partial charge in [0.2, 0.25) is 5.91 Å². The molecule has 1 fully saturated rings. The minimum Gasteiger partial charge on any atom is -0.548 e. The van der Waals surface area contributed by atoms with Crippen molar-refractivity contribution in [3.8, 4) is 0 Å². The second-order valence-corrected chi connectivity index (χ2v) is 6.21. The van der Waals surface area contributed by atoms with Gasteiger partial charge in [0.05, 0.1) is 12.0 Å². The van der Waals surface area contributed by atoms with E-state index < -0.39 is 12.0 Å². The van der Waals surface area contributed by atoms with Crippen LogP contribution in [-0.4, -0.2) is 35.6 Å². The van der Waals surface area contributed by atoms with Gasteiger partial charge < -0.3 is 25.9 Å². The Hall–Kier alpha value is -1.37. The maximum atomic E-state index is 10.9. The van der Waals surface area contributed by atoms with Gasteiger partial charge in [-0.3, -0.25) is 4.79 Å². The molecule has 0 aliphatic heterocycles. The summed E-state index contributed by atoms with van der Waals surface area (Å²) in [5.74, 6) is -1.59. The second-order valence-electron chi connectivity index (χ2n) is 5.80. The number of hydrogen-bond donors (Lipinski definition) is 3. The van der Waals surface area contributed by atoms with Crippen molar-refractivity contribution in [3.63, 3.8) is 0 Å². The highest BCUT2D eigenvalue weighted by atomic mass is 32.1. The van der Waals surface area contributed by atoms with Crippen molar-refractivity contribution >= 4 is 29.2 Å². The molecule has 0 aromatic carbocycles. The molecular formula is C15H26N3O3S-. The standard InChI is InChI=1S/C15H27N3O3S/c1-11(19)17-13(14(20)21)9-5-6-10-16-15(22)18-12-7-3-2-4-8-12/h12-13H,2-10H2,1H3,(H,17,19)(H,20,21)(H2,16,18,22)/p-1/t13-/m0/s1. The van der Waals surface area contributed by atoms with Gasteiger partial charge in [-0.1, -0.05) is 19.3 Å². The molecule has 0 aromatic rings. The van der Waals surface area contributed by atoms with E-state index in [4.69, 9.17) is 12.2 Å². The monoisotopic (exact) mass is 328 g/mol. The molecule has 0 spiro atoms. The Morgan fingerprint density at radius 2 is 1.91 bits per heavy atom. The first-order valence-electron chi connectivity index (χ1n) is 8.01. The Balaban J connectivity index is 2.09. The Morgan fingerprint density at radius 3 is 2.50 bits per heavy atom. The van der Waals surface area contributed by atoms with Gasteiger partial charge in [0.1, 0.15) is 0 Å². The van der Waals surface area contributed by atoms with Gasteiger partial charge in [-0.05, 0) is 44.3 Å². The highest BCUT2D eigenvalue weighted by Crippen LogP contribution is 2.17. The van der Waals surface area contributed by atoms with Crippen LogP contribution in [-0.2, 0) is 9.59 Å². The predicted molar refractivity (Wildman–Crippen MR) is 87.1 cm³/mol. The number of rotatable bonds is 8. The van der Waals surface area contributed by atoms with Gasteiger partial charge in [0.15, 0.2) is 5.11 Å². The highest BCUT2D eigenvalue weighted by Gasteiger charge is 2.14. The Labute approximate surface area is 137 Å². The molecule has 22 heavy (non-hydrogen) atoms. The maximum absolute atomic E-state index is 10.9. The molecule has 0 aromatic heterocycles. The number of carbonyl (C=O) groups excluding carboxylic acids is 2. The van der Waals surface area contributed by atoms with Crippen LogP contribution in [0.2, 0.25) is 0 Å². The van der Waals surface area contributed by atoms with Crippen LogP contribution in [0.3, 0.4) is 0 Å². The molecule has 0 saturated heterocycles. The van der Waals surface area contributed by atoms with Crippen LogP contribution in [0.4, 0.5) is 0 Å². The molecular weight excluding hydrogens is 302 g/mol. The van der Waals surface area contributed by atoms with Crippen LogP contribution in [0.25, 0.3) is 0 Å². The van der Waals surface area contributed by atoms with Crippen molar-refractivity contribution in [1.82, 2.24) is 16.0 Å². The molecule has 7 heteroatoms. The number of thiocarbonyl (C=S) groups is 1. The van der Waals surface area contributed by atoms with Crippen molar-refractivity contribution in [2.75, 3.05) is 6.54 Å². The molecule has 0 heterocycles. The first kappa shape index (κ1) is 18.7. The topological polar surface area (TPSA) is 93.3 Å². The third-order valence-corrected chi connectivity index (χ3v) is 4.07. The first-order valence-corrected chi connectivity index (χ1v) is 8.42. The molecule has 0 unspecified atom stereocenters. The smallest absolute Gasteiger partial charge is 0.217 e. The van der Waals surface area contributed by atoms with Crippen molar-refractivity contribution < 1.29 is 14.7 Å². The van der Waals surface area contributed by atoms with E-state index in [1.165, 1.54) is 39.0 Å². The number of amides is 1. The number of carboxylic acids is 1. The Bertz CT molecular complexity index is 384. The summed E-state index contributed by atoms with van der Waals surface area (Å²) in [7, 11) is 0. The molecule has 3 N–H and O–H groups in total. The zero-order valence-corrected chi connectivity index (χ0v) is 14.0. The number of nitrogens with one attached hydrogen (secondary N) is 3. The summed E-state index contributed by atoms with van der Waals surface area (Å²) in [6.45, 7) is 1.99. The van der Waals surface area contributed by atoms with Crippen LogP contribution < -0.4 is 21.1 Å². The van der Waals surface area contributed by atoms with E-state index in [0.29, 0.717) is 30.5 Å². The molecule has 1 rings (SSSR count). The van der Waals surface area contributed by atoms with E-state index in [-0.39, 0.29) is 5.91 Å². The van der Waals surface area contributed by atoms with Gasteiger partial charge in [0.25, 0.3) is 0 Å². The minimum absolute atomic E-state index is 0.356. The van der Waals surface area contributed by atoms with Crippen molar-refractivity contribution in [3.05, 3.63) is 0 Å². The second kappa shape index (κ2) is 10.4. The summed E-state index contributed by atoms with van der Waals surface area (Å²) in [6.07, 6.45) is 8.01. The molecule has 0 radical (unpaired) electrons. The average molecular weight is 328 g/mol. The zero-order chi connectivity index (χ0) is 16.4. The van der Waals surface area contributed by atoms with E-state index in [2.05, 4.69) is 16.0 Å². The van der Waals surface area contributed by atoms with E-state index in [9.17, 15) is 14.7 Å². The Morgan fingerprint density at radius 1 is 1.23 bits per heavy atom. The summed E-state index contributed by atoms with van der Waals surface area (Å²) in [4.78, 5) is 21.7. The lowest BCUT2D eigenvalue weighted by Crippen LogP contribution is -2.47. The molecule has 126 valence electrons. The van der Waals surface area contributed by atoms with E-state index in [0.717, 1.165) is 6.42 Å². The first-order chi connectivity index (χ1) is 10.5. The minimum atomic E-state index is -1.24. The lowest BCUT2D eigenvalue weighted by atomic mass is 9.96. The molecule has 0 bridgehead atoms. The molecule has 1 atom stereocenters. The third kappa shape index (κ3) is 8.17. The number of carbonyl (C=O) groups is 2. The number of aliphatic carboxylic acids is 1. The van der Waals surface area contributed by atoms with Crippen LogP contribution in [0.1, 0.15) is 58.3 Å². The van der Waals surface area contributed by atoms with Crippen molar-refractivity contribution in [2.45, 2.75) is 70.4 Å². The fourth-order valence-electron chi connectivity index (χ4n) is 2.65. The van der Waals surface area contributed by atoms with E-state index in [1.54, 1.807) is 0 Å². The SMILES string of the molecule is CC(=O)N[C@@H](CCCCNC(=S)NC1CCCCC1)C(=O)[O-]. The Kier molecular flexibility index (Phi) is 8.81. The summed E-state index contributed by atoms with van der Waals surface area (Å²) in [5, 5.41) is 20.4. The fourth-order valence-corrected chi connectivity index (χ4v) is 2.92. The van der Waals surface area contributed by atoms with Crippen LogP contribution in [0.5, 0.6) is 0 Å². The van der Waals surface area contributed by atoms with Gasteiger partial charge in [-0.2, -0.15) is 0 Å². The molecule has 1 aliphatic carbocycles. The number of unbranched alkanes of at least 4 members (excludes halogenated alkanes) is 1. The van der Waals surface area contributed by atoms with Gasteiger partial charge in [-0.25, -0.2) is 0 Å². The average Bonchev–Trinajstić information content (AvgIpc) is 2.46. The fraction of sp³-hybridized carbons (Fsp3) is 0.800. The van der Waals surface area contributed by atoms with Gasteiger partial charge in [-0.15, -0.1) is 0 Å². The maximum Gasteiger partial charge on any atom is 0.217 e. The summed E-state index contributed by atoms with van der Waals surface area (Å²) >= 11 is 5.25. The molecule has 1 saturated carbocycles. The summed E-state index contributed by atoms with van der Waals surface area (Å²) in [6, 6.07) is -0.430. The quantitative estimate of drug-likeness (QED) is 0.436. The van der Waals surface area contributed by atoms with Crippen LogP contribution in [0, 0.1) is 0 Å². The highest BCUT2D eigenvalue weighted by molar-refractivity contribution is 7.80. The van der Waals surface area contributed by atoms with Crippen LogP contribution >= 0.6 is 12.2 Å². The van der Waals surface area contributed by atoms with Gasteiger partial charge >= 0.3 is 0 Å². The number of hydrogen-bond acceptors (Lipinski definition) is 4. The van der Waals surface area contributed by atoms with Crippen LogP contribution in [0.15, 0.2) is 0 Å². The van der Waals surface area contributed by atoms with Crippen molar-refractivity contribution in [2.24, 2.45) is 0 Å². The summed E-state index contributed by atoms with van der Waals surface area (Å²) in [5.41, 5.74) is 0.